The summed E-state index contributed by atoms with van der Waals surface area (Å²) in [4.78, 5) is 25.3. The fraction of sp³-hybridized carbons (Fsp3) is 0.350. The van der Waals surface area contributed by atoms with Crippen LogP contribution in [0.15, 0.2) is 30.3 Å². The van der Waals surface area contributed by atoms with Gasteiger partial charge in [-0.05, 0) is 44.5 Å². The van der Waals surface area contributed by atoms with Gasteiger partial charge in [0.2, 0.25) is 0 Å². The largest absolute Gasteiger partial charge is 0.452 e. The van der Waals surface area contributed by atoms with Crippen molar-refractivity contribution in [1.82, 2.24) is 14.7 Å². The molecule has 0 bridgehead atoms. The SMILES string of the molecule is Cc1nn(Cc2ccc(Cl)cc2)c(Cl)c1C=CC(=O)OCC(=O)N(C)C(C)C. The second kappa shape index (κ2) is 9.75. The molecule has 1 aromatic carbocycles. The molecule has 0 saturated heterocycles. The molecule has 28 heavy (non-hydrogen) atoms. The van der Waals surface area contributed by atoms with Crippen molar-refractivity contribution in [2.45, 2.75) is 33.4 Å². The third-order valence-electron chi connectivity index (χ3n) is 4.25. The lowest BCUT2D eigenvalue weighted by atomic mass is 10.2. The molecule has 6 nitrogen and oxygen atoms in total. The van der Waals surface area contributed by atoms with Crippen LogP contribution in [0.25, 0.3) is 6.08 Å². The highest BCUT2D eigenvalue weighted by atomic mass is 35.5. The summed E-state index contributed by atoms with van der Waals surface area (Å²) in [6.45, 7) is 5.74. The molecule has 0 aliphatic heterocycles. The molecule has 0 aliphatic rings. The zero-order valence-electron chi connectivity index (χ0n) is 16.3. The van der Waals surface area contributed by atoms with E-state index in [4.69, 9.17) is 27.9 Å². The number of aromatic nitrogens is 2. The fourth-order valence-electron chi connectivity index (χ4n) is 2.35. The summed E-state index contributed by atoms with van der Waals surface area (Å²) < 4.78 is 6.64. The molecule has 0 spiro atoms. The van der Waals surface area contributed by atoms with Crippen LogP contribution in [0.2, 0.25) is 10.2 Å². The van der Waals surface area contributed by atoms with E-state index in [9.17, 15) is 9.59 Å². The lowest BCUT2D eigenvalue weighted by Crippen LogP contribution is -2.36. The molecule has 2 rings (SSSR count). The van der Waals surface area contributed by atoms with Crippen LogP contribution in [0.3, 0.4) is 0 Å². The number of rotatable bonds is 7. The molecule has 2 aromatic rings. The number of hydrogen-bond donors (Lipinski definition) is 0. The highest BCUT2D eigenvalue weighted by molar-refractivity contribution is 6.31. The second-order valence-electron chi connectivity index (χ2n) is 6.61. The van der Waals surface area contributed by atoms with Gasteiger partial charge in [0.25, 0.3) is 5.91 Å². The van der Waals surface area contributed by atoms with E-state index in [1.807, 2.05) is 26.0 Å². The molecule has 8 heteroatoms. The first-order valence-electron chi connectivity index (χ1n) is 8.77. The number of halogens is 2. The van der Waals surface area contributed by atoms with Crippen LogP contribution in [0.1, 0.15) is 30.7 Å². The molecule has 1 aromatic heterocycles. The smallest absolute Gasteiger partial charge is 0.331 e. The molecule has 0 atom stereocenters. The zero-order valence-corrected chi connectivity index (χ0v) is 17.8. The van der Waals surface area contributed by atoms with Crippen molar-refractivity contribution in [1.29, 1.82) is 0 Å². The van der Waals surface area contributed by atoms with E-state index in [0.717, 1.165) is 5.56 Å². The van der Waals surface area contributed by atoms with Crippen LogP contribution in [0.5, 0.6) is 0 Å². The molecular weight excluding hydrogens is 401 g/mol. The molecule has 0 aliphatic carbocycles. The number of hydrogen-bond acceptors (Lipinski definition) is 4. The minimum atomic E-state index is -0.619. The van der Waals surface area contributed by atoms with Gasteiger partial charge in [0, 0.05) is 29.8 Å². The molecule has 1 amide bonds. The first-order chi connectivity index (χ1) is 13.2. The molecule has 150 valence electrons. The van der Waals surface area contributed by atoms with Crippen molar-refractivity contribution in [2.75, 3.05) is 13.7 Å². The third-order valence-corrected chi connectivity index (χ3v) is 4.90. The Labute approximate surface area is 174 Å². The van der Waals surface area contributed by atoms with Gasteiger partial charge in [-0.1, -0.05) is 35.3 Å². The van der Waals surface area contributed by atoms with E-state index < -0.39 is 5.97 Å². The summed E-state index contributed by atoms with van der Waals surface area (Å²) in [7, 11) is 1.66. The quantitative estimate of drug-likeness (QED) is 0.499. The van der Waals surface area contributed by atoms with Gasteiger partial charge in [-0.15, -0.1) is 0 Å². The Kier molecular flexibility index (Phi) is 7.66. The van der Waals surface area contributed by atoms with Gasteiger partial charge in [0.05, 0.1) is 12.2 Å². The topological polar surface area (TPSA) is 64.4 Å². The van der Waals surface area contributed by atoms with Crippen molar-refractivity contribution in [3.05, 3.63) is 57.3 Å². The number of esters is 1. The lowest BCUT2D eigenvalue weighted by Gasteiger charge is -2.20. The number of likely N-dealkylation sites (N-methyl/N-ethyl adjacent to an activating group) is 1. The van der Waals surface area contributed by atoms with Crippen LogP contribution >= 0.6 is 23.2 Å². The molecule has 0 N–H and O–H groups in total. The maximum Gasteiger partial charge on any atom is 0.331 e. The minimum absolute atomic E-state index is 0.0367. The lowest BCUT2D eigenvalue weighted by molar-refractivity contribution is -0.148. The van der Waals surface area contributed by atoms with E-state index in [-0.39, 0.29) is 18.6 Å². The molecule has 0 radical (unpaired) electrons. The fourth-order valence-corrected chi connectivity index (χ4v) is 2.77. The summed E-state index contributed by atoms with van der Waals surface area (Å²) in [6, 6.07) is 7.43. The minimum Gasteiger partial charge on any atom is -0.452 e. The normalized spacial score (nSPS) is 11.2. The van der Waals surface area contributed by atoms with Crippen LogP contribution in [-0.4, -0.2) is 46.3 Å². The Bertz CT molecular complexity index is 874. The summed E-state index contributed by atoms with van der Waals surface area (Å²) in [5.41, 5.74) is 2.30. The number of benzene rings is 1. The predicted molar refractivity (Wildman–Crippen MR) is 110 cm³/mol. The van der Waals surface area contributed by atoms with Crippen LogP contribution in [0.4, 0.5) is 0 Å². The maximum absolute atomic E-state index is 11.9. The Morgan fingerprint density at radius 3 is 2.50 bits per heavy atom. The summed E-state index contributed by atoms with van der Waals surface area (Å²) >= 11 is 12.3. The summed E-state index contributed by atoms with van der Waals surface area (Å²) in [5, 5.41) is 5.48. The van der Waals surface area contributed by atoms with Crippen LogP contribution in [-0.2, 0) is 20.9 Å². The standard InChI is InChI=1S/C20H23Cl2N3O3/c1-13(2)24(4)18(26)12-28-19(27)10-9-17-14(3)23-25(20(17)22)11-15-5-7-16(21)8-6-15/h5-10,13H,11-12H2,1-4H3. The highest BCUT2D eigenvalue weighted by Crippen LogP contribution is 2.22. The number of nitrogens with zero attached hydrogens (tertiary/aromatic N) is 3. The first-order valence-corrected chi connectivity index (χ1v) is 9.52. The van der Waals surface area contributed by atoms with E-state index in [2.05, 4.69) is 5.10 Å². The Balaban J connectivity index is 2.01. The van der Waals surface area contributed by atoms with Gasteiger partial charge in [-0.3, -0.25) is 4.79 Å². The van der Waals surface area contributed by atoms with E-state index in [1.165, 1.54) is 11.0 Å². The predicted octanol–water partition coefficient (Wildman–Crippen LogP) is 3.97. The highest BCUT2D eigenvalue weighted by Gasteiger charge is 2.15. The van der Waals surface area contributed by atoms with Crippen molar-refractivity contribution in [3.63, 3.8) is 0 Å². The van der Waals surface area contributed by atoms with Gasteiger partial charge in [0.1, 0.15) is 5.15 Å². The van der Waals surface area contributed by atoms with Crippen molar-refractivity contribution in [3.8, 4) is 0 Å². The van der Waals surface area contributed by atoms with Crippen molar-refractivity contribution < 1.29 is 14.3 Å². The van der Waals surface area contributed by atoms with Crippen LogP contribution in [0, 0.1) is 6.92 Å². The Hall–Kier alpha value is -2.31. The van der Waals surface area contributed by atoms with Gasteiger partial charge < -0.3 is 9.64 Å². The maximum atomic E-state index is 11.9. The number of ether oxygens (including phenoxy) is 1. The van der Waals surface area contributed by atoms with Crippen molar-refractivity contribution in [2.24, 2.45) is 0 Å². The molecule has 0 fully saturated rings. The van der Waals surface area contributed by atoms with E-state index in [1.54, 1.807) is 36.9 Å². The average Bonchev–Trinajstić information content (AvgIpc) is 2.92. The third kappa shape index (κ3) is 5.84. The summed E-state index contributed by atoms with van der Waals surface area (Å²) in [6.07, 6.45) is 2.78. The molecule has 1 heterocycles. The number of amides is 1. The van der Waals surface area contributed by atoms with E-state index in [0.29, 0.717) is 28.0 Å². The van der Waals surface area contributed by atoms with Gasteiger partial charge >= 0.3 is 5.97 Å². The van der Waals surface area contributed by atoms with E-state index >= 15 is 0 Å². The number of carbonyl (C=O) groups is 2. The number of aryl methyl sites for hydroxylation is 1. The number of carbonyl (C=O) groups excluding carboxylic acids is 2. The molecule has 0 unspecified atom stereocenters. The van der Waals surface area contributed by atoms with Crippen molar-refractivity contribution >= 4 is 41.2 Å². The Morgan fingerprint density at radius 2 is 1.89 bits per heavy atom. The Morgan fingerprint density at radius 1 is 1.25 bits per heavy atom. The molecular formula is C20H23Cl2N3O3. The monoisotopic (exact) mass is 423 g/mol. The summed E-state index contributed by atoms with van der Waals surface area (Å²) in [5.74, 6) is -0.881. The van der Waals surface area contributed by atoms with Gasteiger partial charge in [-0.25, -0.2) is 9.48 Å². The first kappa shape index (κ1) is 22.0. The zero-order chi connectivity index (χ0) is 20.8. The average molecular weight is 424 g/mol. The van der Waals surface area contributed by atoms with Gasteiger partial charge in [-0.2, -0.15) is 5.10 Å². The van der Waals surface area contributed by atoms with Gasteiger partial charge in [0.15, 0.2) is 6.61 Å². The van der Waals surface area contributed by atoms with Crippen LogP contribution < -0.4 is 0 Å². The molecule has 0 saturated carbocycles. The second-order valence-corrected chi connectivity index (χ2v) is 7.41.